The van der Waals surface area contributed by atoms with E-state index in [1.54, 1.807) is 4.90 Å². The van der Waals surface area contributed by atoms with Gasteiger partial charge in [-0.25, -0.2) is 9.97 Å². The van der Waals surface area contributed by atoms with Crippen LogP contribution in [0.5, 0.6) is 0 Å². The predicted molar refractivity (Wildman–Crippen MR) is 116 cm³/mol. The van der Waals surface area contributed by atoms with Crippen molar-refractivity contribution in [1.82, 2.24) is 9.97 Å². The summed E-state index contributed by atoms with van der Waals surface area (Å²) in [4.78, 5) is 24.1. The molecule has 2 aliphatic heterocycles. The lowest BCUT2D eigenvalue weighted by Gasteiger charge is -2.33. The van der Waals surface area contributed by atoms with Crippen molar-refractivity contribution in [3.05, 3.63) is 64.5 Å². The molecule has 31 heavy (non-hydrogen) atoms. The van der Waals surface area contributed by atoms with Gasteiger partial charge in [0.05, 0.1) is 11.5 Å². The van der Waals surface area contributed by atoms with E-state index in [4.69, 9.17) is 9.47 Å². The number of aromatic nitrogens is 2. The fourth-order valence-electron chi connectivity index (χ4n) is 4.19. The molecule has 9 nitrogen and oxygen atoms in total. The number of piperidine rings is 1. The predicted octanol–water partition coefficient (Wildman–Crippen LogP) is 4.21. The standard InChI is InChI=1S/C22H27N5O4/c1-2-6-17-9-11-25(12-10-17)21-20(27(28)29)22(24-15-23-21)26(19-14-30-16-31-19)13-18-7-4-3-5-8-18/h3-5,7-8,14-15,17H,2,6,9-13,16H2,1H3. The van der Waals surface area contributed by atoms with Gasteiger partial charge < -0.3 is 14.4 Å². The number of hydrogen-bond acceptors (Lipinski definition) is 8. The van der Waals surface area contributed by atoms with Crippen LogP contribution in [0, 0.1) is 16.0 Å². The van der Waals surface area contributed by atoms with Gasteiger partial charge in [0.25, 0.3) is 0 Å². The maximum Gasteiger partial charge on any atom is 0.354 e. The normalized spacial score (nSPS) is 16.4. The summed E-state index contributed by atoms with van der Waals surface area (Å²) in [5.74, 6) is 1.62. The van der Waals surface area contributed by atoms with Gasteiger partial charge in [0.15, 0.2) is 0 Å². The molecule has 0 N–H and O–H groups in total. The van der Waals surface area contributed by atoms with Gasteiger partial charge in [-0.2, -0.15) is 0 Å². The van der Waals surface area contributed by atoms with Crippen molar-refractivity contribution in [2.75, 3.05) is 29.7 Å². The van der Waals surface area contributed by atoms with Crippen LogP contribution in [0.15, 0.2) is 48.8 Å². The van der Waals surface area contributed by atoms with Crippen LogP contribution in [-0.4, -0.2) is 34.8 Å². The highest BCUT2D eigenvalue weighted by Crippen LogP contribution is 2.38. The first-order valence-corrected chi connectivity index (χ1v) is 10.7. The van der Waals surface area contributed by atoms with Gasteiger partial charge in [-0.3, -0.25) is 15.0 Å². The van der Waals surface area contributed by atoms with Gasteiger partial charge in [0.1, 0.15) is 12.6 Å². The Labute approximate surface area is 181 Å². The molecule has 0 unspecified atom stereocenters. The number of ether oxygens (including phenoxy) is 2. The van der Waals surface area contributed by atoms with Gasteiger partial charge in [-0.1, -0.05) is 50.1 Å². The molecule has 164 valence electrons. The van der Waals surface area contributed by atoms with E-state index in [0.29, 0.717) is 24.2 Å². The largest absolute Gasteiger partial charge is 0.459 e. The van der Waals surface area contributed by atoms with E-state index < -0.39 is 4.92 Å². The zero-order valence-electron chi connectivity index (χ0n) is 17.6. The zero-order chi connectivity index (χ0) is 21.6. The monoisotopic (exact) mass is 425 g/mol. The van der Waals surface area contributed by atoms with Gasteiger partial charge >= 0.3 is 5.69 Å². The lowest BCUT2D eigenvalue weighted by Crippen LogP contribution is -2.35. The Morgan fingerprint density at radius 3 is 2.65 bits per heavy atom. The molecule has 1 fully saturated rings. The van der Waals surface area contributed by atoms with Crippen LogP contribution in [0.1, 0.15) is 38.2 Å². The Morgan fingerprint density at radius 1 is 1.23 bits per heavy atom. The van der Waals surface area contributed by atoms with Crippen LogP contribution in [0.25, 0.3) is 0 Å². The molecule has 0 saturated carbocycles. The average Bonchev–Trinajstić information content (AvgIpc) is 3.33. The topological polar surface area (TPSA) is 93.9 Å². The molecule has 2 aliphatic rings. The molecule has 1 saturated heterocycles. The first-order valence-electron chi connectivity index (χ1n) is 10.7. The Balaban J connectivity index is 1.69. The second kappa shape index (κ2) is 9.63. The van der Waals surface area contributed by atoms with Crippen LogP contribution in [0.4, 0.5) is 17.3 Å². The van der Waals surface area contributed by atoms with Crippen LogP contribution in [0.3, 0.4) is 0 Å². The van der Waals surface area contributed by atoms with Gasteiger partial charge in [0, 0.05) is 13.1 Å². The summed E-state index contributed by atoms with van der Waals surface area (Å²) >= 11 is 0. The van der Waals surface area contributed by atoms with Crippen LogP contribution < -0.4 is 9.80 Å². The minimum atomic E-state index is -0.392. The lowest BCUT2D eigenvalue weighted by atomic mass is 9.92. The highest BCUT2D eigenvalue weighted by molar-refractivity contribution is 5.72. The summed E-state index contributed by atoms with van der Waals surface area (Å²) < 4.78 is 10.8. The zero-order valence-corrected chi connectivity index (χ0v) is 17.6. The number of benzene rings is 1. The number of anilines is 2. The van der Waals surface area contributed by atoms with E-state index in [1.807, 2.05) is 35.2 Å². The van der Waals surface area contributed by atoms with Gasteiger partial charge in [-0.15, -0.1) is 0 Å². The Morgan fingerprint density at radius 2 is 2.00 bits per heavy atom. The molecule has 4 rings (SSSR count). The molecule has 2 aromatic rings. The molecule has 0 spiro atoms. The molecule has 1 aromatic carbocycles. The quantitative estimate of drug-likeness (QED) is 0.459. The number of nitrogens with zero attached hydrogens (tertiary/aromatic N) is 5. The first kappa shape index (κ1) is 20.9. The molecule has 0 amide bonds. The van der Waals surface area contributed by atoms with Crippen LogP contribution >= 0.6 is 0 Å². The van der Waals surface area contributed by atoms with Gasteiger partial charge in [-0.05, 0) is 24.3 Å². The number of rotatable bonds is 8. The number of hydrogen-bond donors (Lipinski definition) is 0. The molecule has 0 radical (unpaired) electrons. The second-order valence-electron chi connectivity index (χ2n) is 7.80. The summed E-state index contributed by atoms with van der Waals surface area (Å²) in [5, 5.41) is 12.2. The number of nitro groups is 1. The van der Waals surface area contributed by atoms with Gasteiger partial charge in [0.2, 0.25) is 24.3 Å². The minimum absolute atomic E-state index is 0.0668. The van der Waals surface area contributed by atoms with E-state index in [-0.39, 0.29) is 18.3 Å². The summed E-state index contributed by atoms with van der Waals surface area (Å²) in [6.45, 7) is 4.12. The molecular formula is C22H27N5O4. The molecule has 1 aromatic heterocycles. The molecule has 0 aliphatic carbocycles. The van der Waals surface area contributed by atoms with E-state index >= 15 is 0 Å². The Bertz CT molecular complexity index is 929. The molecule has 0 bridgehead atoms. The summed E-state index contributed by atoms with van der Waals surface area (Å²) in [7, 11) is 0. The SMILES string of the molecule is CCCC1CCN(c2ncnc(N(Cc3ccccc3)C3=COCO3)c2[N+](=O)[O-])CC1. The third-order valence-electron chi connectivity index (χ3n) is 5.74. The third-order valence-corrected chi connectivity index (χ3v) is 5.74. The molecule has 3 heterocycles. The molecular weight excluding hydrogens is 398 g/mol. The average molecular weight is 425 g/mol. The van der Waals surface area contributed by atoms with E-state index in [1.165, 1.54) is 19.0 Å². The van der Waals surface area contributed by atoms with Crippen LogP contribution in [-0.2, 0) is 16.0 Å². The smallest absolute Gasteiger partial charge is 0.354 e. The second-order valence-corrected chi connectivity index (χ2v) is 7.80. The summed E-state index contributed by atoms with van der Waals surface area (Å²) in [5.41, 5.74) is 0.859. The van der Waals surface area contributed by atoms with E-state index in [2.05, 4.69) is 16.9 Å². The lowest BCUT2D eigenvalue weighted by molar-refractivity contribution is -0.383. The highest BCUT2D eigenvalue weighted by atomic mass is 16.7. The van der Waals surface area contributed by atoms with Crippen molar-refractivity contribution in [2.24, 2.45) is 5.92 Å². The van der Waals surface area contributed by atoms with Crippen molar-refractivity contribution in [2.45, 2.75) is 39.2 Å². The fraction of sp³-hybridized carbons (Fsp3) is 0.455. The minimum Gasteiger partial charge on any atom is -0.459 e. The van der Waals surface area contributed by atoms with Crippen LogP contribution in [0.2, 0.25) is 0 Å². The molecule has 0 atom stereocenters. The molecule has 9 heteroatoms. The van der Waals surface area contributed by atoms with Crippen molar-refractivity contribution in [3.63, 3.8) is 0 Å². The third kappa shape index (κ3) is 4.70. The van der Waals surface area contributed by atoms with Crippen molar-refractivity contribution in [1.29, 1.82) is 0 Å². The van der Waals surface area contributed by atoms with E-state index in [0.717, 1.165) is 37.9 Å². The maximum atomic E-state index is 12.2. The van der Waals surface area contributed by atoms with E-state index in [9.17, 15) is 10.1 Å². The highest BCUT2D eigenvalue weighted by Gasteiger charge is 2.34. The summed E-state index contributed by atoms with van der Waals surface area (Å²) in [6.07, 6.45) is 7.24. The maximum absolute atomic E-state index is 12.2. The summed E-state index contributed by atoms with van der Waals surface area (Å²) in [6, 6.07) is 9.68. The van der Waals surface area contributed by atoms with Crippen molar-refractivity contribution in [3.8, 4) is 0 Å². The first-order chi connectivity index (χ1) is 15.2. The fourth-order valence-corrected chi connectivity index (χ4v) is 4.19. The van der Waals surface area contributed by atoms with Crippen molar-refractivity contribution >= 4 is 17.3 Å². The Hall–Kier alpha value is -3.36. The Kier molecular flexibility index (Phi) is 6.49. The van der Waals surface area contributed by atoms with Crippen molar-refractivity contribution < 1.29 is 14.4 Å².